The summed E-state index contributed by atoms with van der Waals surface area (Å²) in [6, 6.07) is 10.8. The van der Waals surface area contributed by atoms with E-state index in [0.717, 1.165) is 5.56 Å². The molecule has 1 amide bonds. The minimum atomic E-state index is -0.368. The number of hydrogen-bond acceptors (Lipinski definition) is 2. The van der Waals surface area contributed by atoms with E-state index in [1.807, 2.05) is 13.0 Å². The molecule has 3 nitrogen and oxygen atoms in total. The fourth-order valence-electron chi connectivity index (χ4n) is 1.74. The molecule has 21 heavy (non-hydrogen) atoms. The van der Waals surface area contributed by atoms with Gasteiger partial charge in [0.1, 0.15) is 18.2 Å². The molecule has 0 saturated heterocycles. The normalized spacial score (nSPS) is 10.2. The zero-order valence-corrected chi connectivity index (χ0v) is 12.3. The summed E-state index contributed by atoms with van der Waals surface area (Å²) in [5, 5.41) is 3.39. The SMILES string of the molecule is Cc1cc(OCCNC(=O)c2ccc(F)cc2)ccc1Cl. The average Bonchev–Trinajstić information content (AvgIpc) is 2.47. The second-order valence-electron chi connectivity index (χ2n) is 4.52. The Morgan fingerprint density at radius 3 is 2.62 bits per heavy atom. The lowest BCUT2D eigenvalue weighted by molar-refractivity contribution is 0.0947. The number of hydrogen-bond donors (Lipinski definition) is 1. The number of benzene rings is 2. The second kappa shape index (κ2) is 7.09. The van der Waals surface area contributed by atoms with Crippen molar-refractivity contribution in [2.75, 3.05) is 13.2 Å². The van der Waals surface area contributed by atoms with Crippen molar-refractivity contribution in [3.63, 3.8) is 0 Å². The maximum absolute atomic E-state index is 12.7. The van der Waals surface area contributed by atoms with E-state index >= 15 is 0 Å². The highest BCUT2D eigenvalue weighted by Crippen LogP contribution is 2.20. The molecule has 0 aliphatic carbocycles. The fraction of sp³-hybridized carbons (Fsp3) is 0.188. The molecule has 1 N–H and O–H groups in total. The third-order valence-corrected chi connectivity index (χ3v) is 3.32. The van der Waals surface area contributed by atoms with E-state index in [1.54, 1.807) is 12.1 Å². The van der Waals surface area contributed by atoms with E-state index in [9.17, 15) is 9.18 Å². The van der Waals surface area contributed by atoms with E-state index < -0.39 is 0 Å². The van der Waals surface area contributed by atoms with Gasteiger partial charge in [0, 0.05) is 10.6 Å². The maximum Gasteiger partial charge on any atom is 0.251 e. The van der Waals surface area contributed by atoms with E-state index in [0.29, 0.717) is 29.5 Å². The summed E-state index contributed by atoms with van der Waals surface area (Å²) >= 11 is 5.92. The number of halogens is 2. The Labute approximate surface area is 127 Å². The predicted octanol–water partition coefficient (Wildman–Crippen LogP) is 3.60. The summed E-state index contributed by atoms with van der Waals surface area (Å²) < 4.78 is 18.3. The number of aryl methyl sites for hydroxylation is 1. The summed E-state index contributed by atoms with van der Waals surface area (Å²) in [5.74, 6) is 0.0757. The van der Waals surface area contributed by atoms with Crippen molar-refractivity contribution in [3.8, 4) is 5.75 Å². The van der Waals surface area contributed by atoms with Crippen molar-refractivity contribution in [1.29, 1.82) is 0 Å². The van der Waals surface area contributed by atoms with Crippen molar-refractivity contribution in [2.45, 2.75) is 6.92 Å². The zero-order valence-electron chi connectivity index (χ0n) is 11.5. The molecule has 2 aromatic rings. The molecular weight excluding hydrogens is 293 g/mol. The van der Waals surface area contributed by atoms with Gasteiger partial charge in [-0.25, -0.2) is 4.39 Å². The minimum Gasteiger partial charge on any atom is -0.492 e. The molecule has 0 atom stereocenters. The minimum absolute atomic E-state index is 0.258. The molecule has 5 heteroatoms. The van der Waals surface area contributed by atoms with Crippen LogP contribution in [0.15, 0.2) is 42.5 Å². The van der Waals surface area contributed by atoms with Crippen LogP contribution in [0.4, 0.5) is 4.39 Å². The van der Waals surface area contributed by atoms with Gasteiger partial charge in [0.15, 0.2) is 0 Å². The van der Waals surface area contributed by atoms with Gasteiger partial charge in [0.05, 0.1) is 6.54 Å². The van der Waals surface area contributed by atoms with E-state index in [4.69, 9.17) is 16.3 Å². The Morgan fingerprint density at radius 1 is 1.24 bits per heavy atom. The molecule has 2 aromatic carbocycles. The van der Waals surface area contributed by atoms with Gasteiger partial charge in [-0.3, -0.25) is 4.79 Å². The topological polar surface area (TPSA) is 38.3 Å². The molecular formula is C16H15ClFNO2. The summed E-state index contributed by atoms with van der Waals surface area (Å²) in [6.07, 6.45) is 0. The maximum atomic E-state index is 12.7. The zero-order chi connectivity index (χ0) is 15.2. The Hall–Kier alpha value is -2.07. The molecule has 0 fully saturated rings. The summed E-state index contributed by atoms with van der Waals surface area (Å²) in [4.78, 5) is 11.8. The highest BCUT2D eigenvalue weighted by Gasteiger charge is 2.05. The number of ether oxygens (including phenoxy) is 1. The molecule has 0 saturated carbocycles. The van der Waals surface area contributed by atoms with Crippen molar-refractivity contribution in [3.05, 3.63) is 64.4 Å². The summed E-state index contributed by atoms with van der Waals surface area (Å²) in [6.45, 7) is 2.59. The first kappa shape index (κ1) is 15.3. The smallest absolute Gasteiger partial charge is 0.251 e. The Bertz CT molecular complexity index is 629. The van der Waals surface area contributed by atoms with Gasteiger partial charge in [-0.1, -0.05) is 11.6 Å². The van der Waals surface area contributed by atoms with Crippen molar-refractivity contribution < 1.29 is 13.9 Å². The highest BCUT2D eigenvalue weighted by atomic mass is 35.5. The molecule has 0 unspecified atom stereocenters. The van der Waals surface area contributed by atoms with Crippen LogP contribution in [0.2, 0.25) is 5.02 Å². The van der Waals surface area contributed by atoms with E-state index in [2.05, 4.69) is 5.32 Å². The summed E-state index contributed by atoms with van der Waals surface area (Å²) in [5.41, 5.74) is 1.35. The largest absolute Gasteiger partial charge is 0.492 e. The van der Waals surface area contributed by atoms with Crippen LogP contribution in [0.3, 0.4) is 0 Å². The Morgan fingerprint density at radius 2 is 1.95 bits per heavy atom. The average molecular weight is 308 g/mol. The monoisotopic (exact) mass is 307 g/mol. The third-order valence-electron chi connectivity index (χ3n) is 2.89. The van der Waals surface area contributed by atoms with E-state index in [1.165, 1.54) is 24.3 Å². The second-order valence-corrected chi connectivity index (χ2v) is 4.93. The molecule has 0 aliphatic heterocycles. The number of nitrogens with one attached hydrogen (secondary N) is 1. The molecule has 0 heterocycles. The van der Waals surface area contributed by atoms with Gasteiger partial charge in [-0.05, 0) is 55.0 Å². The molecule has 0 aromatic heterocycles. The molecule has 0 radical (unpaired) electrons. The van der Waals surface area contributed by atoms with E-state index in [-0.39, 0.29) is 11.7 Å². The van der Waals surface area contributed by atoms with Crippen molar-refractivity contribution in [2.24, 2.45) is 0 Å². The predicted molar refractivity (Wildman–Crippen MR) is 80.4 cm³/mol. The van der Waals surface area contributed by atoms with Gasteiger partial charge in [0.25, 0.3) is 5.91 Å². The lowest BCUT2D eigenvalue weighted by atomic mass is 10.2. The first-order valence-electron chi connectivity index (χ1n) is 6.49. The first-order valence-corrected chi connectivity index (χ1v) is 6.87. The molecule has 0 aliphatic rings. The van der Waals surface area contributed by atoms with Crippen LogP contribution in [0.25, 0.3) is 0 Å². The van der Waals surface area contributed by atoms with Gasteiger partial charge in [0.2, 0.25) is 0 Å². The number of amides is 1. The van der Waals surface area contributed by atoms with Gasteiger partial charge >= 0.3 is 0 Å². The third kappa shape index (κ3) is 4.46. The van der Waals surface area contributed by atoms with Gasteiger partial charge < -0.3 is 10.1 Å². The molecule has 110 valence electrons. The van der Waals surface area contributed by atoms with Crippen molar-refractivity contribution >= 4 is 17.5 Å². The van der Waals surface area contributed by atoms with Crippen LogP contribution in [0.1, 0.15) is 15.9 Å². The molecule has 2 rings (SSSR count). The highest BCUT2D eigenvalue weighted by molar-refractivity contribution is 6.31. The Kier molecular flexibility index (Phi) is 5.17. The van der Waals surface area contributed by atoms with Crippen LogP contribution in [0, 0.1) is 12.7 Å². The van der Waals surface area contributed by atoms with Crippen LogP contribution in [0.5, 0.6) is 5.75 Å². The lowest BCUT2D eigenvalue weighted by Crippen LogP contribution is -2.28. The quantitative estimate of drug-likeness (QED) is 0.857. The lowest BCUT2D eigenvalue weighted by Gasteiger charge is -2.09. The molecule has 0 spiro atoms. The van der Waals surface area contributed by atoms with Crippen LogP contribution in [-0.2, 0) is 0 Å². The fourth-order valence-corrected chi connectivity index (χ4v) is 1.86. The Balaban J connectivity index is 1.77. The van der Waals surface area contributed by atoms with Crippen molar-refractivity contribution in [1.82, 2.24) is 5.32 Å². The van der Waals surface area contributed by atoms with Crippen LogP contribution in [-0.4, -0.2) is 19.1 Å². The van der Waals surface area contributed by atoms with Gasteiger partial charge in [-0.2, -0.15) is 0 Å². The van der Waals surface area contributed by atoms with Gasteiger partial charge in [-0.15, -0.1) is 0 Å². The van der Waals surface area contributed by atoms with Crippen LogP contribution >= 0.6 is 11.6 Å². The number of rotatable bonds is 5. The molecule has 0 bridgehead atoms. The number of carbonyl (C=O) groups excluding carboxylic acids is 1. The standard InChI is InChI=1S/C16H15ClFNO2/c1-11-10-14(6-7-15(11)17)21-9-8-19-16(20)12-2-4-13(18)5-3-12/h2-7,10H,8-9H2,1H3,(H,19,20). The van der Waals surface area contributed by atoms with Crippen LogP contribution < -0.4 is 10.1 Å². The first-order chi connectivity index (χ1) is 10.1. The summed E-state index contributed by atoms with van der Waals surface area (Å²) in [7, 11) is 0. The number of carbonyl (C=O) groups is 1.